The summed E-state index contributed by atoms with van der Waals surface area (Å²) >= 11 is 0. The van der Waals surface area contributed by atoms with Crippen molar-refractivity contribution in [3.05, 3.63) is 5.89 Å². The summed E-state index contributed by atoms with van der Waals surface area (Å²) in [5, 5.41) is 7.71. The minimum atomic E-state index is 0.204. The Hall–Kier alpha value is -1.39. The first-order chi connectivity index (χ1) is 6.79. The number of carbonyl (C=O) groups is 1. The molecule has 0 unspecified atom stereocenters. The molecule has 0 bridgehead atoms. The van der Waals surface area contributed by atoms with Gasteiger partial charge in [-0.3, -0.25) is 0 Å². The van der Waals surface area contributed by atoms with Gasteiger partial charge >= 0.3 is 6.01 Å². The summed E-state index contributed by atoms with van der Waals surface area (Å²) in [4.78, 5) is 12.6. The third-order valence-corrected chi connectivity index (χ3v) is 2.52. The summed E-state index contributed by atoms with van der Waals surface area (Å²) in [5.41, 5.74) is 0. The van der Waals surface area contributed by atoms with Crippen molar-refractivity contribution >= 4 is 12.3 Å². The highest BCUT2D eigenvalue weighted by Crippen LogP contribution is 2.20. The van der Waals surface area contributed by atoms with Crippen molar-refractivity contribution in [2.75, 3.05) is 18.0 Å². The molecule has 0 aliphatic carbocycles. The van der Waals surface area contributed by atoms with E-state index in [1.165, 1.54) is 0 Å². The summed E-state index contributed by atoms with van der Waals surface area (Å²) < 4.78 is 5.31. The van der Waals surface area contributed by atoms with Gasteiger partial charge in [0.1, 0.15) is 6.29 Å². The van der Waals surface area contributed by atoms with Crippen molar-refractivity contribution in [2.24, 2.45) is 5.92 Å². The Morgan fingerprint density at radius 3 is 2.64 bits per heavy atom. The molecule has 14 heavy (non-hydrogen) atoms. The standard InChI is InChI=1S/C9H13N3O2/c1-7-10-11-9(14-7)12-4-2-8(6-13)3-5-12/h6,8H,2-5H2,1H3. The molecule has 2 heterocycles. The number of piperidine rings is 1. The van der Waals surface area contributed by atoms with E-state index in [9.17, 15) is 4.79 Å². The van der Waals surface area contributed by atoms with Crippen LogP contribution in [-0.4, -0.2) is 29.6 Å². The molecule has 1 aromatic rings. The summed E-state index contributed by atoms with van der Waals surface area (Å²) in [5.74, 6) is 0.785. The number of hydrogen-bond acceptors (Lipinski definition) is 5. The van der Waals surface area contributed by atoms with E-state index in [0.29, 0.717) is 11.9 Å². The molecule has 0 amide bonds. The molecule has 1 fully saturated rings. The number of carbonyl (C=O) groups excluding carboxylic acids is 1. The van der Waals surface area contributed by atoms with E-state index in [0.717, 1.165) is 32.2 Å². The second-order valence-corrected chi connectivity index (χ2v) is 3.56. The average molecular weight is 195 g/mol. The molecule has 1 saturated heterocycles. The Morgan fingerprint density at radius 2 is 2.14 bits per heavy atom. The zero-order valence-corrected chi connectivity index (χ0v) is 8.14. The SMILES string of the molecule is Cc1nnc(N2CCC(C=O)CC2)o1. The highest BCUT2D eigenvalue weighted by molar-refractivity contribution is 5.54. The fourth-order valence-electron chi connectivity index (χ4n) is 1.64. The second kappa shape index (κ2) is 3.77. The van der Waals surface area contributed by atoms with Gasteiger partial charge in [0.2, 0.25) is 5.89 Å². The molecule has 1 aliphatic heterocycles. The first-order valence-corrected chi connectivity index (χ1v) is 4.80. The Bertz CT molecular complexity index is 316. The van der Waals surface area contributed by atoms with Crippen LogP contribution in [0.3, 0.4) is 0 Å². The van der Waals surface area contributed by atoms with E-state index < -0.39 is 0 Å². The van der Waals surface area contributed by atoms with Crippen LogP contribution in [0.15, 0.2) is 4.42 Å². The van der Waals surface area contributed by atoms with Gasteiger partial charge in [-0.25, -0.2) is 0 Å². The van der Waals surface area contributed by atoms with E-state index in [4.69, 9.17) is 4.42 Å². The summed E-state index contributed by atoms with van der Waals surface area (Å²) in [6, 6.07) is 0.576. The Balaban J connectivity index is 1.98. The van der Waals surface area contributed by atoms with Gasteiger partial charge in [0.05, 0.1) is 0 Å². The molecular formula is C9H13N3O2. The van der Waals surface area contributed by atoms with Crippen molar-refractivity contribution in [2.45, 2.75) is 19.8 Å². The number of anilines is 1. The smallest absolute Gasteiger partial charge is 0.318 e. The molecule has 0 atom stereocenters. The molecule has 0 N–H and O–H groups in total. The molecule has 0 saturated carbocycles. The number of aryl methyl sites for hydroxylation is 1. The maximum absolute atomic E-state index is 10.5. The van der Waals surface area contributed by atoms with Gasteiger partial charge in [-0.2, -0.15) is 0 Å². The Kier molecular flexibility index (Phi) is 2.47. The van der Waals surface area contributed by atoms with E-state index in [1.807, 2.05) is 4.90 Å². The van der Waals surface area contributed by atoms with Crippen LogP contribution in [0.4, 0.5) is 6.01 Å². The van der Waals surface area contributed by atoms with Gasteiger partial charge in [-0.15, -0.1) is 5.10 Å². The van der Waals surface area contributed by atoms with Crippen molar-refractivity contribution < 1.29 is 9.21 Å². The maximum atomic E-state index is 10.5. The van der Waals surface area contributed by atoms with Crippen LogP contribution in [0.25, 0.3) is 0 Å². The summed E-state index contributed by atoms with van der Waals surface area (Å²) in [7, 11) is 0. The molecule has 76 valence electrons. The number of hydrogen-bond donors (Lipinski definition) is 0. The minimum absolute atomic E-state index is 0.204. The van der Waals surface area contributed by atoms with Crippen LogP contribution in [0, 0.1) is 12.8 Å². The lowest BCUT2D eigenvalue weighted by atomic mass is 9.99. The summed E-state index contributed by atoms with van der Waals surface area (Å²) in [6.07, 6.45) is 2.80. The van der Waals surface area contributed by atoms with Crippen LogP contribution >= 0.6 is 0 Å². The molecule has 0 radical (unpaired) electrons. The van der Waals surface area contributed by atoms with Crippen LogP contribution in [-0.2, 0) is 4.79 Å². The third kappa shape index (κ3) is 1.76. The predicted octanol–water partition coefficient (Wildman–Crippen LogP) is 0.793. The van der Waals surface area contributed by atoms with E-state index >= 15 is 0 Å². The third-order valence-electron chi connectivity index (χ3n) is 2.52. The number of nitrogens with zero attached hydrogens (tertiary/aromatic N) is 3. The van der Waals surface area contributed by atoms with Crippen molar-refractivity contribution in [3.8, 4) is 0 Å². The van der Waals surface area contributed by atoms with Crippen LogP contribution in [0.2, 0.25) is 0 Å². The van der Waals surface area contributed by atoms with Gasteiger partial charge in [0.25, 0.3) is 0 Å². The molecule has 5 nitrogen and oxygen atoms in total. The molecule has 5 heteroatoms. The first kappa shape index (κ1) is 9.18. The van der Waals surface area contributed by atoms with Gasteiger partial charge in [0.15, 0.2) is 0 Å². The quantitative estimate of drug-likeness (QED) is 0.653. The molecular weight excluding hydrogens is 182 g/mol. The lowest BCUT2D eigenvalue weighted by Crippen LogP contribution is -2.34. The van der Waals surface area contributed by atoms with Crippen molar-refractivity contribution in [1.82, 2.24) is 10.2 Å². The fraction of sp³-hybridized carbons (Fsp3) is 0.667. The summed E-state index contributed by atoms with van der Waals surface area (Å²) in [6.45, 7) is 3.42. The maximum Gasteiger partial charge on any atom is 0.318 e. The van der Waals surface area contributed by atoms with Gasteiger partial charge in [-0.1, -0.05) is 5.10 Å². The highest BCUT2D eigenvalue weighted by atomic mass is 16.4. The van der Waals surface area contributed by atoms with Crippen molar-refractivity contribution in [3.63, 3.8) is 0 Å². The average Bonchev–Trinajstić information content (AvgIpc) is 2.65. The van der Waals surface area contributed by atoms with E-state index in [2.05, 4.69) is 10.2 Å². The van der Waals surface area contributed by atoms with E-state index in [1.54, 1.807) is 6.92 Å². The number of aromatic nitrogens is 2. The van der Waals surface area contributed by atoms with E-state index in [-0.39, 0.29) is 5.92 Å². The lowest BCUT2D eigenvalue weighted by molar-refractivity contribution is -0.111. The lowest BCUT2D eigenvalue weighted by Gasteiger charge is -2.27. The first-order valence-electron chi connectivity index (χ1n) is 4.80. The molecule has 1 aliphatic rings. The normalized spacial score (nSPS) is 18.5. The minimum Gasteiger partial charge on any atom is -0.408 e. The fourth-order valence-corrected chi connectivity index (χ4v) is 1.64. The van der Waals surface area contributed by atoms with Gasteiger partial charge in [0, 0.05) is 25.9 Å². The van der Waals surface area contributed by atoms with Crippen LogP contribution in [0.5, 0.6) is 0 Å². The number of rotatable bonds is 2. The molecule has 1 aromatic heterocycles. The van der Waals surface area contributed by atoms with Gasteiger partial charge in [-0.05, 0) is 12.8 Å². The zero-order chi connectivity index (χ0) is 9.97. The predicted molar refractivity (Wildman–Crippen MR) is 50.0 cm³/mol. The highest BCUT2D eigenvalue weighted by Gasteiger charge is 2.21. The van der Waals surface area contributed by atoms with Gasteiger partial charge < -0.3 is 14.1 Å². The molecule has 0 aromatic carbocycles. The molecule has 0 spiro atoms. The Morgan fingerprint density at radius 1 is 1.43 bits per heavy atom. The van der Waals surface area contributed by atoms with Crippen LogP contribution < -0.4 is 4.90 Å². The number of aldehydes is 1. The van der Waals surface area contributed by atoms with Crippen molar-refractivity contribution in [1.29, 1.82) is 0 Å². The topological polar surface area (TPSA) is 59.2 Å². The Labute approximate surface area is 82.1 Å². The largest absolute Gasteiger partial charge is 0.408 e. The van der Waals surface area contributed by atoms with Crippen LogP contribution in [0.1, 0.15) is 18.7 Å². The zero-order valence-electron chi connectivity index (χ0n) is 8.14. The second-order valence-electron chi connectivity index (χ2n) is 3.56. The monoisotopic (exact) mass is 195 g/mol. The molecule has 2 rings (SSSR count).